The van der Waals surface area contributed by atoms with E-state index < -0.39 is 6.04 Å². The molecule has 1 aromatic rings. The number of halogens is 1. The Hall–Kier alpha value is -1.62. The van der Waals surface area contributed by atoms with Gasteiger partial charge in [0.15, 0.2) is 0 Å². The molecule has 0 unspecified atom stereocenters. The number of carbonyl (C=O) groups is 1. The van der Waals surface area contributed by atoms with E-state index in [1.54, 1.807) is 17.0 Å². The maximum Gasteiger partial charge on any atom is 0.240 e. The van der Waals surface area contributed by atoms with Gasteiger partial charge in [-0.1, -0.05) is 32.9 Å². The molecule has 1 aliphatic rings. The normalized spacial score (nSPS) is 17.8. The van der Waals surface area contributed by atoms with E-state index in [0.717, 1.165) is 0 Å². The van der Waals surface area contributed by atoms with Gasteiger partial charge in [0.2, 0.25) is 5.91 Å². The average Bonchev–Trinajstić information content (AvgIpc) is 2.45. The zero-order valence-corrected chi connectivity index (χ0v) is 13.0. The molecule has 1 atom stereocenters. The van der Waals surface area contributed by atoms with Crippen LogP contribution in [0, 0.1) is 11.2 Å². The minimum Gasteiger partial charge on any atom is -0.366 e. The molecule has 4 nitrogen and oxygen atoms in total. The lowest BCUT2D eigenvalue weighted by Gasteiger charge is -2.39. The molecular weight excluding hydrogens is 269 g/mol. The van der Waals surface area contributed by atoms with Crippen molar-refractivity contribution in [3.63, 3.8) is 0 Å². The van der Waals surface area contributed by atoms with Gasteiger partial charge in [-0.25, -0.2) is 4.39 Å². The van der Waals surface area contributed by atoms with E-state index >= 15 is 0 Å². The first-order valence-corrected chi connectivity index (χ1v) is 7.34. The maximum atomic E-state index is 13.8. The highest BCUT2D eigenvalue weighted by Crippen LogP contribution is 2.22. The Morgan fingerprint density at radius 1 is 1.19 bits per heavy atom. The zero-order chi connectivity index (χ0) is 15.6. The summed E-state index contributed by atoms with van der Waals surface area (Å²) < 4.78 is 13.8. The van der Waals surface area contributed by atoms with Crippen molar-refractivity contribution in [2.45, 2.75) is 26.8 Å². The molecule has 1 amide bonds. The summed E-state index contributed by atoms with van der Waals surface area (Å²) in [7, 11) is 0. The molecule has 0 aliphatic carbocycles. The Balaban J connectivity index is 1.98. The van der Waals surface area contributed by atoms with Crippen LogP contribution in [0.4, 0.5) is 10.1 Å². The number of anilines is 1. The fourth-order valence-corrected chi connectivity index (χ4v) is 2.44. The highest BCUT2D eigenvalue weighted by molar-refractivity contribution is 5.82. The summed E-state index contributed by atoms with van der Waals surface area (Å²) in [6, 6.07) is 6.24. The summed E-state index contributed by atoms with van der Waals surface area (Å²) in [5.41, 5.74) is 6.38. The maximum absolute atomic E-state index is 13.8. The highest BCUT2D eigenvalue weighted by Gasteiger charge is 2.32. The first-order valence-electron chi connectivity index (χ1n) is 7.34. The number of rotatable bonds is 2. The van der Waals surface area contributed by atoms with Crippen molar-refractivity contribution in [3.05, 3.63) is 30.1 Å². The number of hydrogen-bond acceptors (Lipinski definition) is 3. The van der Waals surface area contributed by atoms with Gasteiger partial charge in [-0.15, -0.1) is 0 Å². The van der Waals surface area contributed by atoms with E-state index in [0.29, 0.717) is 31.9 Å². The van der Waals surface area contributed by atoms with Crippen LogP contribution in [0.3, 0.4) is 0 Å². The Labute approximate surface area is 125 Å². The summed E-state index contributed by atoms with van der Waals surface area (Å²) in [6.45, 7) is 8.31. The van der Waals surface area contributed by atoms with Crippen molar-refractivity contribution in [1.29, 1.82) is 0 Å². The number of carbonyl (C=O) groups excluding carboxylic acids is 1. The van der Waals surface area contributed by atoms with E-state index in [2.05, 4.69) is 0 Å². The van der Waals surface area contributed by atoms with Crippen LogP contribution < -0.4 is 10.6 Å². The predicted octanol–water partition coefficient (Wildman–Crippen LogP) is 1.85. The molecular formula is C16H24FN3O. The second-order valence-corrected chi connectivity index (χ2v) is 6.61. The van der Waals surface area contributed by atoms with Gasteiger partial charge in [0, 0.05) is 26.2 Å². The fraction of sp³-hybridized carbons (Fsp3) is 0.562. The van der Waals surface area contributed by atoms with Crippen molar-refractivity contribution >= 4 is 11.6 Å². The van der Waals surface area contributed by atoms with Gasteiger partial charge in [-0.3, -0.25) is 4.79 Å². The molecule has 0 bridgehead atoms. The topological polar surface area (TPSA) is 49.6 Å². The van der Waals surface area contributed by atoms with Crippen LogP contribution in [0.1, 0.15) is 20.8 Å². The first-order chi connectivity index (χ1) is 9.80. The number of piperazine rings is 1. The molecule has 0 aromatic heterocycles. The molecule has 5 heteroatoms. The molecule has 1 heterocycles. The number of amides is 1. The number of nitrogens with two attached hydrogens (primary N) is 1. The lowest BCUT2D eigenvalue weighted by atomic mass is 9.86. The van der Waals surface area contributed by atoms with Crippen LogP contribution >= 0.6 is 0 Å². The zero-order valence-electron chi connectivity index (χ0n) is 13.0. The summed E-state index contributed by atoms with van der Waals surface area (Å²) in [4.78, 5) is 16.1. The van der Waals surface area contributed by atoms with Gasteiger partial charge in [0.25, 0.3) is 0 Å². The molecule has 0 saturated carbocycles. The molecule has 116 valence electrons. The monoisotopic (exact) mass is 293 g/mol. The Kier molecular flexibility index (Phi) is 4.52. The Morgan fingerprint density at radius 3 is 2.29 bits per heavy atom. The third-order valence-corrected chi connectivity index (χ3v) is 3.98. The van der Waals surface area contributed by atoms with E-state index in [-0.39, 0.29) is 17.1 Å². The molecule has 2 rings (SSSR count). The SMILES string of the molecule is CC(C)(C)[C@H](N)C(=O)N1CCN(c2ccccc2F)CC1. The van der Waals surface area contributed by atoms with Crippen LogP contribution in [-0.4, -0.2) is 43.0 Å². The molecule has 1 saturated heterocycles. The van der Waals surface area contributed by atoms with Crippen LogP contribution in [-0.2, 0) is 4.79 Å². The molecule has 1 aliphatic heterocycles. The minimum atomic E-state index is -0.502. The highest BCUT2D eigenvalue weighted by atomic mass is 19.1. The number of hydrogen-bond donors (Lipinski definition) is 1. The van der Waals surface area contributed by atoms with Gasteiger partial charge in [0.1, 0.15) is 5.82 Å². The molecule has 0 spiro atoms. The summed E-state index contributed by atoms with van der Waals surface area (Å²) in [5, 5.41) is 0. The lowest BCUT2D eigenvalue weighted by molar-refractivity contribution is -0.135. The summed E-state index contributed by atoms with van der Waals surface area (Å²) in [6.07, 6.45) is 0. The van der Waals surface area contributed by atoms with E-state index in [9.17, 15) is 9.18 Å². The second kappa shape index (κ2) is 6.02. The van der Waals surface area contributed by atoms with E-state index in [1.165, 1.54) is 6.07 Å². The lowest BCUT2D eigenvalue weighted by Crippen LogP contribution is -2.56. The van der Waals surface area contributed by atoms with E-state index in [4.69, 9.17) is 5.73 Å². The van der Waals surface area contributed by atoms with Gasteiger partial charge >= 0.3 is 0 Å². The predicted molar refractivity (Wildman–Crippen MR) is 82.6 cm³/mol. The molecule has 1 fully saturated rings. The molecule has 0 radical (unpaired) electrons. The van der Waals surface area contributed by atoms with Crippen LogP contribution in [0.15, 0.2) is 24.3 Å². The summed E-state index contributed by atoms with van der Waals surface area (Å²) >= 11 is 0. The first kappa shape index (κ1) is 15.8. The quantitative estimate of drug-likeness (QED) is 0.905. The third-order valence-electron chi connectivity index (χ3n) is 3.98. The van der Waals surface area contributed by atoms with Gasteiger partial charge in [0.05, 0.1) is 11.7 Å². The molecule has 21 heavy (non-hydrogen) atoms. The Bertz CT molecular complexity index is 504. The number of nitrogens with zero attached hydrogens (tertiary/aromatic N) is 2. The van der Waals surface area contributed by atoms with Crippen molar-refractivity contribution < 1.29 is 9.18 Å². The van der Waals surface area contributed by atoms with Gasteiger partial charge in [-0.05, 0) is 17.5 Å². The largest absolute Gasteiger partial charge is 0.366 e. The smallest absolute Gasteiger partial charge is 0.240 e. The van der Waals surface area contributed by atoms with Gasteiger partial charge < -0.3 is 15.5 Å². The minimum absolute atomic E-state index is 0.0179. The van der Waals surface area contributed by atoms with Crippen LogP contribution in [0.25, 0.3) is 0 Å². The standard InChI is InChI=1S/C16H24FN3O/c1-16(2,3)14(18)15(21)20-10-8-19(9-11-20)13-7-5-4-6-12(13)17/h4-7,14H,8-11,18H2,1-3H3/t14-/m1/s1. The van der Waals surface area contributed by atoms with Crippen LogP contribution in [0.5, 0.6) is 0 Å². The van der Waals surface area contributed by atoms with Gasteiger partial charge in [-0.2, -0.15) is 0 Å². The van der Waals surface area contributed by atoms with Crippen molar-refractivity contribution in [3.8, 4) is 0 Å². The van der Waals surface area contributed by atoms with E-state index in [1.807, 2.05) is 31.7 Å². The van der Waals surface area contributed by atoms with Crippen molar-refractivity contribution in [2.75, 3.05) is 31.1 Å². The van der Waals surface area contributed by atoms with Crippen molar-refractivity contribution in [2.24, 2.45) is 11.1 Å². The molecule has 2 N–H and O–H groups in total. The van der Waals surface area contributed by atoms with Crippen molar-refractivity contribution in [1.82, 2.24) is 4.90 Å². The third kappa shape index (κ3) is 3.53. The second-order valence-electron chi connectivity index (χ2n) is 6.61. The molecule has 1 aromatic carbocycles. The fourth-order valence-electron chi connectivity index (χ4n) is 2.44. The average molecular weight is 293 g/mol. The number of para-hydroxylation sites is 1. The van der Waals surface area contributed by atoms with Crippen LogP contribution in [0.2, 0.25) is 0 Å². The summed E-state index contributed by atoms with van der Waals surface area (Å²) in [5.74, 6) is -0.237. The number of benzene rings is 1. The Morgan fingerprint density at radius 2 is 1.76 bits per heavy atom.